The number of benzene rings is 1. The number of hydrogen-bond donors (Lipinski definition) is 0. The Bertz CT molecular complexity index is 659. The maximum Gasteiger partial charge on any atom is 0.313 e. The van der Waals surface area contributed by atoms with Crippen molar-refractivity contribution < 1.29 is 14.3 Å². The van der Waals surface area contributed by atoms with E-state index in [-0.39, 0.29) is 12.2 Å². The molecule has 2 rings (SSSR count). The third-order valence-corrected chi connectivity index (χ3v) is 3.50. The largest absolute Gasteiger partial charge is 0.456 e. The molecule has 5 heteroatoms. The molecule has 0 fully saturated rings. The molecule has 0 N–H and O–H groups in total. The van der Waals surface area contributed by atoms with Gasteiger partial charge >= 0.3 is 5.97 Å². The van der Waals surface area contributed by atoms with Gasteiger partial charge in [-0.3, -0.25) is 19.5 Å². The van der Waals surface area contributed by atoms with Crippen molar-refractivity contribution in [3.63, 3.8) is 0 Å². The third kappa shape index (κ3) is 5.93. The van der Waals surface area contributed by atoms with Crippen molar-refractivity contribution in [1.29, 1.82) is 0 Å². The number of aromatic nitrogens is 1. The van der Waals surface area contributed by atoms with Gasteiger partial charge in [0.25, 0.3) is 0 Å². The number of Topliss-reactive ketones (excluding diaryl/α,β-unsaturated/α-hetero) is 1. The molecule has 0 saturated heterocycles. The summed E-state index contributed by atoms with van der Waals surface area (Å²) < 4.78 is 5.51. The first kappa shape index (κ1) is 17.8. The Morgan fingerprint density at radius 2 is 1.92 bits per heavy atom. The quantitative estimate of drug-likeness (QED) is 0.551. The molecule has 0 aliphatic rings. The van der Waals surface area contributed by atoms with Crippen molar-refractivity contribution in [1.82, 2.24) is 9.88 Å². The lowest BCUT2D eigenvalue weighted by atomic mass is 10.1. The van der Waals surface area contributed by atoms with Crippen molar-refractivity contribution in [2.24, 2.45) is 0 Å². The van der Waals surface area contributed by atoms with Crippen LogP contribution in [0, 0.1) is 0 Å². The number of likely N-dealkylation sites (N-methyl/N-ethyl adjacent to an activating group) is 1. The molecule has 0 aliphatic heterocycles. The Kier molecular flexibility index (Phi) is 6.63. The number of carbonyl (C=O) groups is 2. The molecule has 126 valence electrons. The Labute approximate surface area is 142 Å². The molecular weight excluding hydrogens is 304 g/mol. The van der Waals surface area contributed by atoms with Gasteiger partial charge in [-0.15, -0.1) is 0 Å². The highest BCUT2D eigenvalue weighted by Gasteiger charge is 2.20. The zero-order chi connectivity index (χ0) is 17.4. The van der Waals surface area contributed by atoms with Crippen molar-refractivity contribution in [3.05, 3.63) is 66.0 Å². The highest BCUT2D eigenvalue weighted by Crippen LogP contribution is 2.19. The van der Waals surface area contributed by atoms with E-state index in [9.17, 15) is 9.59 Å². The van der Waals surface area contributed by atoms with Gasteiger partial charge in [0.1, 0.15) is 18.3 Å². The molecule has 0 bridgehead atoms. The third-order valence-electron chi connectivity index (χ3n) is 3.50. The summed E-state index contributed by atoms with van der Waals surface area (Å²) in [6.07, 6.45) is 2.69. The van der Waals surface area contributed by atoms with E-state index in [1.165, 1.54) is 12.5 Å². The molecule has 0 amide bonds. The van der Waals surface area contributed by atoms with E-state index in [1.54, 1.807) is 18.5 Å². The van der Waals surface area contributed by atoms with Crippen LogP contribution in [-0.4, -0.2) is 35.2 Å². The van der Waals surface area contributed by atoms with E-state index >= 15 is 0 Å². The summed E-state index contributed by atoms with van der Waals surface area (Å²) in [5.74, 6) is -0.716. The predicted octanol–water partition coefficient (Wildman–Crippen LogP) is 2.78. The topological polar surface area (TPSA) is 59.5 Å². The highest BCUT2D eigenvalue weighted by atomic mass is 16.5. The second-order valence-electron chi connectivity index (χ2n) is 5.83. The predicted molar refractivity (Wildman–Crippen MR) is 91.1 cm³/mol. The summed E-state index contributed by atoms with van der Waals surface area (Å²) in [4.78, 5) is 29.2. The number of ether oxygens (including phenoxy) is 1. The van der Waals surface area contributed by atoms with Crippen molar-refractivity contribution in [3.8, 4) is 0 Å². The molecule has 24 heavy (non-hydrogen) atoms. The number of rotatable bonds is 8. The molecule has 0 spiro atoms. The summed E-state index contributed by atoms with van der Waals surface area (Å²) in [6.45, 7) is 2.63. The van der Waals surface area contributed by atoms with E-state index in [1.807, 2.05) is 31.3 Å². The number of esters is 1. The first-order valence-electron chi connectivity index (χ1n) is 7.86. The number of nitrogens with zero attached hydrogens (tertiary/aromatic N) is 2. The monoisotopic (exact) mass is 326 g/mol. The first-order valence-corrected chi connectivity index (χ1v) is 7.86. The Hall–Kier alpha value is -2.53. The summed E-state index contributed by atoms with van der Waals surface area (Å²) in [5.41, 5.74) is 1.99. The second-order valence-corrected chi connectivity index (χ2v) is 5.83. The van der Waals surface area contributed by atoms with Gasteiger partial charge in [-0.2, -0.15) is 0 Å². The molecule has 0 saturated carbocycles. The molecule has 0 radical (unpaired) electrons. The molecule has 1 atom stereocenters. The molecule has 5 nitrogen and oxygen atoms in total. The van der Waals surface area contributed by atoms with Crippen LogP contribution in [0.2, 0.25) is 0 Å². The molecule has 2 aromatic rings. The van der Waals surface area contributed by atoms with Crippen LogP contribution in [0.25, 0.3) is 0 Å². The minimum atomic E-state index is -0.510. The summed E-state index contributed by atoms with van der Waals surface area (Å²) >= 11 is 0. The fourth-order valence-electron chi connectivity index (χ4n) is 2.42. The van der Waals surface area contributed by atoms with Crippen LogP contribution in [-0.2, 0) is 20.9 Å². The van der Waals surface area contributed by atoms with Crippen molar-refractivity contribution >= 4 is 11.8 Å². The van der Waals surface area contributed by atoms with Gasteiger partial charge in [0.05, 0.1) is 0 Å². The molecule has 1 aromatic carbocycles. The standard InChI is InChI=1S/C19H22N2O3/c1-15(22)11-19(23)24-18(17-9-6-10-20-12-17)14-21(2)13-16-7-4-3-5-8-16/h3-10,12,18H,11,13-14H2,1-2H3. The van der Waals surface area contributed by atoms with Gasteiger partial charge in [0, 0.05) is 31.0 Å². The fourth-order valence-corrected chi connectivity index (χ4v) is 2.42. The van der Waals surface area contributed by atoms with Crippen LogP contribution < -0.4 is 0 Å². The number of hydrogen-bond acceptors (Lipinski definition) is 5. The van der Waals surface area contributed by atoms with Crippen molar-refractivity contribution in [2.75, 3.05) is 13.6 Å². The number of carbonyl (C=O) groups excluding carboxylic acids is 2. The summed E-state index contributed by atoms with van der Waals surface area (Å²) in [7, 11) is 1.97. The van der Waals surface area contributed by atoms with Gasteiger partial charge in [0.15, 0.2) is 0 Å². The zero-order valence-corrected chi connectivity index (χ0v) is 14.0. The maximum atomic E-state index is 11.9. The van der Waals surface area contributed by atoms with E-state index in [0.717, 1.165) is 12.1 Å². The maximum absolute atomic E-state index is 11.9. The lowest BCUT2D eigenvalue weighted by Gasteiger charge is -2.24. The van der Waals surface area contributed by atoms with Gasteiger partial charge in [-0.05, 0) is 25.6 Å². The van der Waals surface area contributed by atoms with Crippen LogP contribution >= 0.6 is 0 Å². The first-order chi connectivity index (χ1) is 11.5. The smallest absolute Gasteiger partial charge is 0.313 e. The SMILES string of the molecule is CC(=O)CC(=O)OC(CN(C)Cc1ccccc1)c1cccnc1. The van der Waals surface area contributed by atoms with E-state index in [0.29, 0.717) is 6.54 Å². The lowest BCUT2D eigenvalue weighted by molar-refractivity contribution is -0.151. The van der Waals surface area contributed by atoms with Gasteiger partial charge in [0.2, 0.25) is 0 Å². The minimum Gasteiger partial charge on any atom is -0.456 e. The van der Waals surface area contributed by atoms with E-state index < -0.39 is 12.1 Å². The van der Waals surface area contributed by atoms with Crippen LogP contribution in [0.15, 0.2) is 54.9 Å². The van der Waals surface area contributed by atoms with Crippen molar-refractivity contribution in [2.45, 2.75) is 26.0 Å². The molecule has 0 aliphatic carbocycles. The zero-order valence-electron chi connectivity index (χ0n) is 14.0. The Morgan fingerprint density at radius 3 is 2.54 bits per heavy atom. The minimum absolute atomic E-state index is 0.206. The number of ketones is 1. The average Bonchev–Trinajstić information content (AvgIpc) is 2.55. The molecule has 1 heterocycles. The Balaban J connectivity index is 2.05. The van der Waals surface area contributed by atoms with Crippen LogP contribution in [0.4, 0.5) is 0 Å². The lowest BCUT2D eigenvalue weighted by Crippen LogP contribution is -2.27. The van der Waals surface area contributed by atoms with Gasteiger partial charge < -0.3 is 4.74 Å². The summed E-state index contributed by atoms with van der Waals surface area (Å²) in [5, 5.41) is 0. The van der Waals surface area contributed by atoms with Crippen LogP contribution in [0.1, 0.15) is 30.6 Å². The summed E-state index contributed by atoms with van der Waals surface area (Å²) in [6, 6.07) is 13.7. The van der Waals surface area contributed by atoms with Gasteiger partial charge in [-0.25, -0.2) is 0 Å². The van der Waals surface area contributed by atoms with E-state index in [2.05, 4.69) is 22.0 Å². The van der Waals surface area contributed by atoms with E-state index in [4.69, 9.17) is 4.74 Å². The fraction of sp³-hybridized carbons (Fsp3) is 0.316. The Morgan fingerprint density at radius 1 is 1.17 bits per heavy atom. The number of pyridine rings is 1. The molecule has 1 unspecified atom stereocenters. The normalized spacial score (nSPS) is 12.0. The van der Waals surface area contributed by atoms with Crippen LogP contribution in [0.5, 0.6) is 0 Å². The average molecular weight is 326 g/mol. The highest BCUT2D eigenvalue weighted by molar-refractivity contribution is 5.94. The van der Waals surface area contributed by atoms with Gasteiger partial charge in [-0.1, -0.05) is 36.4 Å². The second kappa shape index (κ2) is 8.93. The molecule has 1 aromatic heterocycles. The molecular formula is C19H22N2O3. The van der Waals surface area contributed by atoms with Crippen LogP contribution in [0.3, 0.4) is 0 Å².